The molecule has 2 amide bonds. The molecular formula is C20H26N2O4. The topological polar surface area (TPSA) is 59.1 Å². The summed E-state index contributed by atoms with van der Waals surface area (Å²) in [6.07, 6.45) is 4.51. The van der Waals surface area contributed by atoms with Gasteiger partial charge < -0.3 is 19.3 Å². The first-order chi connectivity index (χ1) is 12.6. The Balaban J connectivity index is 1.46. The number of amides is 2. The summed E-state index contributed by atoms with van der Waals surface area (Å²) in [6.45, 7) is 0.466. The van der Waals surface area contributed by atoms with Crippen LogP contribution in [0.2, 0.25) is 0 Å². The van der Waals surface area contributed by atoms with Crippen molar-refractivity contribution in [2.24, 2.45) is 5.92 Å². The molecule has 6 nitrogen and oxygen atoms in total. The third-order valence-electron chi connectivity index (χ3n) is 6.14. The second-order valence-electron chi connectivity index (χ2n) is 7.56. The molecule has 3 aliphatic rings. The lowest BCUT2D eigenvalue weighted by Gasteiger charge is -2.39. The first-order valence-corrected chi connectivity index (χ1v) is 9.40. The highest BCUT2D eigenvalue weighted by atomic mass is 16.5. The first kappa shape index (κ1) is 17.3. The van der Waals surface area contributed by atoms with Gasteiger partial charge in [0.1, 0.15) is 5.75 Å². The van der Waals surface area contributed by atoms with E-state index in [0.717, 1.165) is 37.1 Å². The van der Waals surface area contributed by atoms with Crippen molar-refractivity contribution < 1.29 is 19.1 Å². The van der Waals surface area contributed by atoms with Crippen LogP contribution in [-0.2, 0) is 14.3 Å². The van der Waals surface area contributed by atoms with E-state index >= 15 is 0 Å². The van der Waals surface area contributed by atoms with Crippen LogP contribution in [-0.4, -0.2) is 55.7 Å². The summed E-state index contributed by atoms with van der Waals surface area (Å²) in [4.78, 5) is 29.5. The molecule has 3 saturated heterocycles. The lowest BCUT2D eigenvalue weighted by Crippen LogP contribution is -2.50. The van der Waals surface area contributed by atoms with Gasteiger partial charge in [0.2, 0.25) is 11.8 Å². The van der Waals surface area contributed by atoms with E-state index in [4.69, 9.17) is 9.47 Å². The van der Waals surface area contributed by atoms with E-state index in [0.29, 0.717) is 13.0 Å². The van der Waals surface area contributed by atoms with Gasteiger partial charge in [-0.15, -0.1) is 0 Å². The van der Waals surface area contributed by atoms with Crippen molar-refractivity contribution >= 4 is 17.5 Å². The number of hydrogen-bond donors (Lipinski definition) is 0. The Morgan fingerprint density at radius 1 is 1.08 bits per heavy atom. The fourth-order valence-electron chi connectivity index (χ4n) is 4.77. The van der Waals surface area contributed by atoms with Crippen molar-refractivity contribution in [2.45, 2.75) is 50.3 Å². The number of carbonyl (C=O) groups excluding carboxylic acids is 2. The Morgan fingerprint density at radius 3 is 2.31 bits per heavy atom. The number of ether oxygens (including phenoxy) is 2. The van der Waals surface area contributed by atoms with Crippen LogP contribution in [0.1, 0.15) is 32.1 Å². The van der Waals surface area contributed by atoms with Crippen molar-refractivity contribution in [3.05, 3.63) is 24.3 Å². The Kier molecular flexibility index (Phi) is 4.61. The number of hydrogen-bond acceptors (Lipinski definition) is 4. The molecule has 1 aromatic carbocycles. The van der Waals surface area contributed by atoms with E-state index in [1.807, 2.05) is 24.3 Å². The molecule has 0 aliphatic carbocycles. The highest BCUT2D eigenvalue weighted by Crippen LogP contribution is 2.39. The number of nitrogens with zero attached hydrogens (tertiary/aromatic N) is 2. The molecule has 0 aromatic heterocycles. The molecule has 3 unspecified atom stereocenters. The summed E-state index contributed by atoms with van der Waals surface area (Å²) in [6, 6.07) is 7.98. The average Bonchev–Trinajstić information content (AvgIpc) is 3.18. The van der Waals surface area contributed by atoms with Gasteiger partial charge in [0.25, 0.3) is 0 Å². The predicted molar refractivity (Wildman–Crippen MR) is 97.1 cm³/mol. The number of fused-ring (bicyclic) bond motifs is 2. The maximum Gasteiger partial charge on any atom is 0.228 e. The van der Waals surface area contributed by atoms with Crippen molar-refractivity contribution in [1.82, 2.24) is 4.90 Å². The summed E-state index contributed by atoms with van der Waals surface area (Å²) in [7, 11) is 3.37. The molecule has 140 valence electrons. The SMILES string of the molecule is COc1ccc(N2CC(C(=O)N3C4CCC3CC(OC)C4)CC2=O)cc1. The summed E-state index contributed by atoms with van der Waals surface area (Å²) in [5, 5.41) is 0. The molecule has 3 aliphatic heterocycles. The minimum Gasteiger partial charge on any atom is -0.497 e. The van der Waals surface area contributed by atoms with Gasteiger partial charge in [-0.3, -0.25) is 9.59 Å². The van der Waals surface area contributed by atoms with Gasteiger partial charge in [0, 0.05) is 37.8 Å². The number of rotatable bonds is 4. The van der Waals surface area contributed by atoms with Crippen LogP contribution in [0, 0.1) is 5.92 Å². The van der Waals surface area contributed by atoms with Crippen molar-refractivity contribution in [3.63, 3.8) is 0 Å². The van der Waals surface area contributed by atoms with Crippen LogP contribution >= 0.6 is 0 Å². The first-order valence-electron chi connectivity index (χ1n) is 9.40. The Bertz CT molecular complexity index is 676. The molecule has 2 bridgehead atoms. The van der Waals surface area contributed by atoms with Crippen LogP contribution in [0.5, 0.6) is 5.75 Å². The highest BCUT2D eigenvalue weighted by molar-refractivity contribution is 6.00. The lowest BCUT2D eigenvalue weighted by molar-refractivity contribution is -0.142. The van der Waals surface area contributed by atoms with E-state index < -0.39 is 0 Å². The van der Waals surface area contributed by atoms with Crippen molar-refractivity contribution in [3.8, 4) is 5.75 Å². The van der Waals surface area contributed by atoms with E-state index in [-0.39, 0.29) is 35.9 Å². The number of benzene rings is 1. The summed E-state index contributed by atoms with van der Waals surface area (Å²) in [5.41, 5.74) is 0.826. The maximum atomic E-state index is 13.2. The molecule has 4 rings (SSSR count). The summed E-state index contributed by atoms with van der Waals surface area (Å²) in [5.74, 6) is 0.682. The van der Waals surface area contributed by atoms with E-state index in [1.54, 1.807) is 19.1 Å². The highest BCUT2D eigenvalue weighted by Gasteiger charge is 2.47. The van der Waals surface area contributed by atoms with Crippen LogP contribution in [0.4, 0.5) is 5.69 Å². The maximum absolute atomic E-state index is 13.2. The minimum absolute atomic E-state index is 0.0210. The van der Waals surface area contributed by atoms with E-state index in [2.05, 4.69) is 4.90 Å². The minimum atomic E-state index is -0.244. The predicted octanol–water partition coefficient (Wildman–Crippen LogP) is 2.22. The third kappa shape index (κ3) is 2.96. The Labute approximate surface area is 154 Å². The van der Waals surface area contributed by atoms with Crippen LogP contribution in [0.15, 0.2) is 24.3 Å². The fourth-order valence-corrected chi connectivity index (χ4v) is 4.77. The molecular weight excluding hydrogens is 332 g/mol. The van der Waals surface area contributed by atoms with E-state index in [9.17, 15) is 9.59 Å². The fraction of sp³-hybridized carbons (Fsp3) is 0.600. The lowest BCUT2D eigenvalue weighted by atomic mass is 9.96. The molecule has 0 radical (unpaired) electrons. The van der Waals surface area contributed by atoms with Gasteiger partial charge >= 0.3 is 0 Å². The van der Waals surface area contributed by atoms with Crippen molar-refractivity contribution in [1.29, 1.82) is 0 Å². The molecule has 6 heteroatoms. The summed E-state index contributed by atoms with van der Waals surface area (Å²) < 4.78 is 10.7. The number of piperidine rings is 1. The number of methoxy groups -OCH3 is 2. The van der Waals surface area contributed by atoms with Crippen LogP contribution in [0.25, 0.3) is 0 Å². The second kappa shape index (κ2) is 6.91. The zero-order valence-corrected chi connectivity index (χ0v) is 15.4. The number of carbonyl (C=O) groups is 2. The number of anilines is 1. The standard InChI is InChI=1S/C20H26N2O4/c1-25-17-7-5-14(6-8-17)21-12-13(9-19(21)23)20(24)22-15-3-4-16(22)11-18(10-15)26-2/h5-8,13,15-16,18H,3-4,9-12H2,1-2H3. The van der Waals surface area contributed by atoms with Gasteiger partial charge in [-0.2, -0.15) is 0 Å². The molecule has 1 aromatic rings. The molecule has 3 atom stereocenters. The van der Waals surface area contributed by atoms with Gasteiger partial charge in [0.05, 0.1) is 19.1 Å². The van der Waals surface area contributed by atoms with Crippen molar-refractivity contribution in [2.75, 3.05) is 25.7 Å². The normalized spacial score (nSPS) is 30.8. The smallest absolute Gasteiger partial charge is 0.228 e. The molecule has 0 saturated carbocycles. The molecule has 3 heterocycles. The zero-order valence-electron chi connectivity index (χ0n) is 15.4. The zero-order chi connectivity index (χ0) is 18.3. The van der Waals surface area contributed by atoms with Crippen LogP contribution < -0.4 is 9.64 Å². The monoisotopic (exact) mass is 358 g/mol. The molecule has 26 heavy (non-hydrogen) atoms. The molecule has 0 spiro atoms. The Hall–Kier alpha value is -2.08. The quantitative estimate of drug-likeness (QED) is 0.828. The second-order valence-corrected chi connectivity index (χ2v) is 7.56. The summed E-state index contributed by atoms with van der Waals surface area (Å²) >= 11 is 0. The largest absolute Gasteiger partial charge is 0.497 e. The van der Waals surface area contributed by atoms with Gasteiger partial charge in [-0.1, -0.05) is 0 Å². The average molecular weight is 358 g/mol. The van der Waals surface area contributed by atoms with Gasteiger partial charge in [-0.05, 0) is 49.9 Å². The van der Waals surface area contributed by atoms with Gasteiger partial charge in [0.15, 0.2) is 0 Å². The third-order valence-corrected chi connectivity index (χ3v) is 6.14. The van der Waals surface area contributed by atoms with E-state index in [1.165, 1.54) is 0 Å². The van der Waals surface area contributed by atoms with Gasteiger partial charge in [-0.25, -0.2) is 0 Å². The Morgan fingerprint density at radius 2 is 1.73 bits per heavy atom. The van der Waals surface area contributed by atoms with Crippen LogP contribution in [0.3, 0.4) is 0 Å². The molecule has 0 N–H and O–H groups in total. The molecule has 3 fully saturated rings.